The van der Waals surface area contributed by atoms with Crippen LogP contribution < -0.4 is 10.6 Å². The van der Waals surface area contributed by atoms with Crippen molar-refractivity contribution in [2.75, 3.05) is 13.6 Å². The quantitative estimate of drug-likeness (QED) is 0.747. The number of rotatable bonds is 7. The molecule has 1 heterocycles. The molecule has 1 aromatic heterocycles. The van der Waals surface area contributed by atoms with Gasteiger partial charge in [0, 0.05) is 17.4 Å². The third kappa shape index (κ3) is 5.31. The lowest BCUT2D eigenvalue weighted by Crippen LogP contribution is -2.23. The van der Waals surface area contributed by atoms with E-state index in [1.54, 1.807) is 5.38 Å². The summed E-state index contributed by atoms with van der Waals surface area (Å²) in [6.07, 6.45) is -3.14. The van der Waals surface area contributed by atoms with Gasteiger partial charge >= 0.3 is 6.18 Å². The first-order valence-electron chi connectivity index (χ1n) is 7.43. The number of benzene rings is 1. The van der Waals surface area contributed by atoms with Crippen molar-refractivity contribution in [1.29, 1.82) is 0 Å². The molecule has 0 aliphatic rings. The monoisotopic (exact) mass is 357 g/mol. The Labute approximate surface area is 142 Å². The summed E-state index contributed by atoms with van der Waals surface area (Å²) in [4.78, 5) is 16.0. The molecule has 0 saturated heterocycles. The Morgan fingerprint density at radius 2 is 1.96 bits per heavy atom. The highest BCUT2D eigenvalue weighted by Gasteiger charge is 2.30. The number of nitrogens with zero attached hydrogens (tertiary/aromatic N) is 1. The molecule has 2 aromatic rings. The molecule has 4 nitrogen and oxygen atoms in total. The van der Waals surface area contributed by atoms with Gasteiger partial charge in [-0.15, -0.1) is 11.3 Å². The number of carbonyl (C=O) groups excluding carboxylic acids is 1. The minimum absolute atomic E-state index is 0.0469. The van der Waals surface area contributed by atoms with Crippen LogP contribution in [0.25, 0.3) is 10.6 Å². The lowest BCUT2D eigenvalue weighted by Gasteiger charge is -2.06. The van der Waals surface area contributed by atoms with Crippen molar-refractivity contribution in [3.05, 3.63) is 40.9 Å². The van der Waals surface area contributed by atoms with Crippen molar-refractivity contribution < 1.29 is 18.0 Å². The van der Waals surface area contributed by atoms with E-state index in [-0.39, 0.29) is 5.91 Å². The molecular weight excluding hydrogens is 339 g/mol. The highest BCUT2D eigenvalue weighted by atomic mass is 32.1. The number of amides is 1. The maximum Gasteiger partial charge on any atom is 0.416 e. The van der Waals surface area contributed by atoms with E-state index in [1.165, 1.54) is 23.5 Å². The van der Waals surface area contributed by atoms with Crippen LogP contribution in [0.2, 0.25) is 0 Å². The lowest BCUT2D eigenvalue weighted by molar-refractivity contribution is -0.137. The van der Waals surface area contributed by atoms with Crippen LogP contribution in [0.3, 0.4) is 0 Å². The Balaban J connectivity index is 1.92. The molecule has 0 spiro atoms. The average Bonchev–Trinajstić information content (AvgIpc) is 3.01. The first-order chi connectivity index (χ1) is 11.4. The van der Waals surface area contributed by atoms with Crippen LogP contribution in [0.5, 0.6) is 0 Å². The molecule has 1 aromatic carbocycles. The van der Waals surface area contributed by atoms with Crippen molar-refractivity contribution in [3.8, 4) is 10.6 Å². The summed E-state index contributed by atoms with van der Waals surface area (Å²) in [5.41, 5.74) is 0.633. The second-order valence-corrected chi connectivity index (χ2v) is 6.06. The fraction of sp³-hybridized carbons (Fsp3) is 0.375. The normalized spacial score (nSPS) is 11.5. The van der Waals surface area contributed by atoms with E-state index in [4.69, 9.17) is 0 Å². The second-order valence-electron chi connectivity index (χ2n) is 5.20. The minimum atomic E-state index is -4.34. The fourth-order valence-electron chi connectivity index (χ4n) is 2.03. The van der Waals surface area contributed by atoms with Crippen molar-refractivity contribution in [1.82, 2.24) is 15.6 Å². The van der Waals surface area contributed by atoms with Gasteiger partial charge in [0.2, 0.25) is 5.91 Å². The number of aromatic nitrogens is 1. The van der Waals surface area contributed by atoms with Gasteiger partial charge in [0.05, 0.1) is 17.8 Å². The van der Waals surface area contributed by atoms with E-state index in [0.717, 1.165) is 25.1 Å². The van der Waals surface area contributed by atoms with Gasteiger partial charge in [-0.3, -0.25) is 4.79 Å². The van der Waals surface area contributed by atoms with Crippen molar-refractivity contribution >= 4 is 17.2 Å². The number of hydrogen-bond acceptors (Lipinski definition) is 4. The molecule has 0 saturated carbocycles. The summed E-state index contributed by atoms with van der Waals surface area (Å²) in [6.45, 7) is 1.09. The van der Waals surface area contributed by atoms with E-state index in [2.05, 4.69) is 15.6 Å². The number of nitrogens with one attached hydrogen (secondary N) is 2. The standard InChI is InChI=1S/C16H18F3N3OS/c1-20-8-2-3-14(23)21-9-13-10-24-15(22-13)11-4-6-12(7-5-11)16(17,18)19/h4-7,10,20H,2-3,8-9H2,1H3,(H,21,23). The fourth-order valence-corrected chi connectivity index (χ4v) is 2.85. The van der Waals surface area contributed by atoms with E-state index >= 15 is 0 Å². The maximum absolute atomic E-state index is 12.6. The molecule has 130 valence electrons. The zero-order valence-electron chi connectivity index (χ0n) is 13.1. The summed E-state index contributed by atoms with van der Waals surface area (Å²) < 4.78 is 37.7. The molecule has 0 atom stereocenters. The Hall–Kier alpha value is -1.93. The molecule has 2 N–H and O–H groups in total. The third-order valence-corrected chi connectivity index (χ3v) is 4.25. The average molecular weight is 357 g/mol. The maximum atomic E-state index is 12.6. The van der Waals surface area contributed by atoms with E-state index in [9.17, 15) is 18.0 Å². The van der Waals surface area contributed by atoms with Gasteiger partial charge in [0.25, 0.3) is 0 Å². The van der Waals surface area contributed by atoms with Crippen LogP contribution in [0.15, 0.2) is 29.6 Å². The van der Waals surface area contributed by atoms with Gasteiger partial charge in [0.1, 0.15) is 5.01 Å². The van der Waals surface area contributed by atoms with Gasteiger partial charge in [0.15, 0.2) is 0 Å². The first-order valence-corrected chi connectivity index (χ1v) is 8.31. The summed E-state index contributed by atoms with van der Waals surface area (Å²) in [5.74, 6) is -0.0469. The van der Waals surface area contributed by atoms with E-state index in [1.807, 2.05) is 7.05 Å². The molecule has 24 heavy (non-hydrogen) atoms. The third-order valence-electron chi connectivity index (χ3n) is 3.31. The molecule has 0 radical (unpaired) electrons. The molecule has 0 bridgehead atoms. The molecule has 0 aliphatic heterocycles. The lowest BCUT2D eigenvalue weighted by atomic mass is 10.1. The van der Waals surface area contributed by atoms with Gasteiger partial charge in [-0.1, -0.05) is 12.1 Å². The van der Waals surface area contributed by atoms with E-state index in [0.29, 0.717) is 29.2 Å². The van der Waals surface area contributed by atoms with Crippen LogP contribution in [0.4, 0.5) is 13.2 Å². The Kier molecular flexibility index (Phi) is 6.33. The predicted molar refractivity (Wildman–Crippen MR) is 87.6 cm³/mol. The Bertz CT molecular complexity index is 668. The summed E-state index contributed by atoms with van der Waals surface area (Å²) >= 11 is 1.34. The molecule has 0 aliphatic carbocycles. The minimum Gasteiger partial charge on any atom is -0.350 e. The molecule has 1 amide bonds. The predicted octanol–water partition coefficient (Wildman–Crippen LogP) is 3.44. The number of halogens is 3. The van der Waals surface area contributed by atoms with Gasteiger partial charge in [-0.25, -0.2) is 4.98 Å². The Morgan fingerprint density at radius 3 is 2.58 bits per heavy atom. The Morgan fingerprint density at radius 1 is 1.25 bits per heavy atom. The van der Waals surface area contributed by atoms with Crippen LogP contribution in [-0.2, 0) is 17.5 Å². The van der Waals surface area contributed by atoms with E-state index < -0.39 is 11.7 Å². The zero-order valence-corrected chi connectivity index (χ0v) is 13.9. The largest absolute Gasteiger partial charge is 0.416 e. The molecule has 2 rings (SSSR count). The van der Waals surface area contributed by atoms with Crippen LogP contribution >= 0.6 is 11.3 Å². The topological polar surface area (TPSA) is 54.0 Å². The summed E-state index contributed by atoms with van der Waals surface area (Å²) in [6, 6.07) is 4.89. The highest BCUT2D eigenvalue weighted by molar-refractivity contribution is 7.13. The number of thiazole rings is 1. The SMILES string of the molecule is CNCCCC(=O)NCc1csc(-c2ccc(C(F)(F)F)cc2)n1. The molecule has 0 fully saturated rings. The molecular formula is C16H18F3N3OS. The van der Waals surface area contributed by atoms with Gasteiger partial charge < -0.3 is 10.6 Å². The van der Waals surface area contributed by atoms with Crippen molar-refractivity contribution in [2.24, 2.45) is 0 Å². The molecule has 8 heteroatoms. The number of carbonyl (C=O) groups is 1. The number of alkyl halides is 3. The zero-order chi connectivity index (χ0) is 17.6. The summed E-state index contributed by atoms with van der Waals surface area (Å²) in [7, 11) is 1.83. The molecule has 0 unspecified atom stereocenters. The van der Waals surface area contributed by atoms with Gasteiger partial charge in [-0.05, 0) is 32.1 Å². The second kappa shape index (κ2) is 8.25. The van der Waals surface area contributed by atoms with Crippen LogP contribution in [0, 0.1) is 0 Å². The number of hydrogen-bond donors (Lipinski definition) is 2. The smallest absolute Gasteiger partial charge is 0.350 e. The summed E-state index contributed by atoms with van der Waals surface area (Å²) in [5, 5.41) is 8.17. The van der Waals surface area contributed by atoms with Gasteiger partial charge in [-0.2, -0.15) is 13.2 Å². The van der Waals surface area contributed by atoms with Crippen molar-refractivity contribution in [3.63, 3.8) is 0 Å². The first kappa shape index (κ1) is 18.4. The van der Waals surface area contributed by atoms with Crippen LogP contribution in [0.1, 0.15) is 24.1 Å². The highest BCUT2D eigenvalue weighted by Crippen LogP contribution is 2.31. The van der Waals surface area contributed by atoms with Crippen molar-refractivity contribution in [2.45, 2.75) is 25.6 Å². The van der Waals surface area contributed by atoms with Crippen LogP contribution in [-0.4, -0.2) is 24.5 Å².